The number of hydrogen-bond acceptors (Lipinski definition) is 4. The molecule has 0 spiro atoms. The molecule has 1 aliphatic heterocycles. The predicted octanol–water partition coefficient (Wildman–Crippen LogP) is 4.31. The molecule has 1 aromatic heterocycles. The van der Waals surface area contributed by atoms with Gasteiger partial charge in [0.05, 0.1) is 21.5 Å². The summed E-state index contributed by atoms with van der Waals surface area (Å²) in [5, 5.41) is 6.73. The van der Waals surface area contributed by atoms with Crippen LogP contribution in [0.25, 0.3) is 10.9 Å². The number of benzene rings is 2. The van der Waals surface area contributed by atoms with Crippen molar-refractivity contribution < 1.29 is 9.59 Å². The number of rotatable bonds is 4. The number of carbonyl (C=O) groups excluding carboxylic acids is 2. The van der Waals surface area contributed by atoms with Crippen LogP contribution in [0.3, 0.4) is 0 Å². The van der Waals surface area contributed by atoms with Crippen molar-refractivity contribution >= 4 is 40.0 Å². The lowest BCUT2D eigenvalue weighted by Crippen LogP contribution is -2.36. The van der Waals surface area contributed by atoms with Crippen LogP contribution >= 0.6 is 11.6 Å². The SMILES string of the molecule is O=C(Nc1ccc(Cl)c(C(=O)NC2CCCCC2)c1)c1ccc2c(=O)n3c(nc2c1)CCC3. The van der Waals surface area contributed by atoms with Gasteiger partial charge in [-0.1, -0.05) is 30.9 Å². The number of nitrogens with zero attached hydrogens (tertiary/aromatic N) is 2. The number of fused-ring (bicyclic) bond motifs is 2. The zero-order valence-electron chi connectivity index (χ0n) is 18.2. The first-order valence-electron chi connectivity index (χ1n) is 11.4. The molecule has 0 unspecified atom stereocenters. The molecule has 33 heavy (non-hydrogen) atoms. The highest BCUT2D eigenvalue weighted by atomic mass is 35.5. The van der Waals surface area contributed by atoms with Crippen molar-refractivity contribution in [3.05, 3.63) is 68.7 Å². The fourth-order valence-corrected chi connectivity index (χ4v) is 4.92. The van der Waals surface area contributed by atoms with Crippen LogP contribution in [-0.4, -0.2) is 27.4 Å². The Bertz CT molecular complexity index is 1310. The molecule has 1 saturated carbocycles. The molecule has 0 radical (unpaired) electrons. The number of hydrogen-bond donors (Lipinski definition) is 2. The third-order valence-electron chi connectivity index (χ3n) is 6.49. The number of nitrogens with one attached hydrogen (secondary N) is 2. The summed E-state index contributed by atoms with van der Waals surface area (Å²) in [7, 11) is 0. The largest absolute Gasteiger partial charge is 0.349 e. The topological polar surface area (TPSA) is 93.1 Å². The quantitative estimate of drug-likeness (QED) is 0.601. The van der Waals surface area contributed by atoms with Gasteiger partial charge in [0, 0.05) is 30.3 Å². The van der Waals surface area contributed by atoms with Crippen molar-refractivity contribution in [2.24, 2.45) is 0 Å². The summed E-state index contributed by atoms with van der Waals surface area (Å²) in [6.45, 7) is 0.687. The molecule has 2 N–H and O–H groups in total. The summed E-state index contributed by atoms with van der Waals surface area (Å²) in [6.07, 6.45) is 7.05. The lowest BCUT2D eigenvalue weighted by Gasteiger charge is -2.23. The van der Waals surface area contributed by atoms with Gasteiger partial charge in [0.25, 0.3) is 17.4 Å². The molecular weight excluding hydrogens is 440 g/mol. The van der Waals surface area contributed by atoms with Crippen LogP contribution in [-0.2, 0) is 13.0 Å². The Morgan fingerprint density at radius 1 is 1.00 bits per heavy atom. The van der Waals surface area contributed by atoms with Gasteiger partial charge in [0.1, 0.15) is 5.82 Å². The maximum atomic E-state index is 12.9. The maximum Gasteiger partial charge on any atom is 0.261 e. The molecule has 2 amide bonds. The van der Waals surface area contributed by atoms with Crippen molar-refractivity contribution in [1.29, 1.82) is 0 Å². The van der Waals surface area contributed by atoms with Crippen LogP contribution < -0.4 is 16.2 Å². The summed E-state index contributed by atoms with van der Waals surface area (Å²) in [4.78, 5) is 42.9. The second-order valence-corrected chi connectivity index (χ2v) is 9.18. The molecule has 2 heterocycles. The fourth-order valence-electron chi connectivity index (χ4n) is 4.72. The van der Waals surface area contributed by atoms with Gasteiger partial charge >= 0.3 is 0 Å². The molecule has 5 rings (SSSR count). The Morgan fingerprint density at radius 3 is 2.64 bits per heavy atom. The highest BCUT2D eigenvalue weighted by Crippen LogP contribution is 2.24. The number of anilines is 1. The molecule has 8 heteroatoms. The van der Waals surface area contributed by atoms with Crippen LogP contribution in [0.4, 0.5) is 5.69 Å². The minimum Gasteiger partial charge on any atom is -0.349 e. The van der Waals surface area contributed by atoms with Gasteiger partial charge in [-0.3, -0.25) is 19.0 Å². The third kappa shape index (κ3) is 4.37. The maximum absolute atomic E-state index is 12.9. The van der Waals surface area contributed by atoms with Gasteiger partial charge in [0.15, 0.2) is 0 Å². The molecule has 0 bridgehead atoms. The van der Waals surface area contributed by atoms with Gasteiger partial charge < -0.3 is 10.6 Å². The summed E-state index contributed by atoms with van der Waals surface area (Å²) in [6, 6.07) is 9.94. The predicted molar refractivity (Wildman–Crippen MR) is 128 cm³/mol. The van der Waals surface area contributed by atoms with Crippen molar-refractivity contribution in [2.75, 3.05) is 5.32 Å². The number of carbonyl (C=O) groups is 2. The standard InChI is InChI=1S/C25H25ClN4O3/c26-20-11-9-17(14-19(20)24(32)27-16-5-2-1-3-6-16)28-23(31)15-8-10-18-21(13-15)29-22-7-4-12-30(22)25(18)33/h8-11,13-14,16H,1-7,12H2,(H,27,32)(H,28,31). The van der Waals surface area contributed by atoms with E-state index in [0.29, 0.717) is 39.3 Å². The van der Waals surface area contributed by atoms with E-state index in [2.05, 4.69) is 15.6 Å². The van der Waals surface area contributed by atoms with Gasteiger partial charge in [-0.25, -0.2) is 4.98 Å². The Balaban J connectivity index is 1.36. The highest BCUT2D eigenvalue weighted by molar-refractivity contribution is 6.34. The van der Waals surface area contributed by atoms with Crippen molar-refractivity contribution in [3.63, 3.8) is 0 Å². The average molecular weight is 465 g/mol. The average Bonchev–Trinajstić information content (AvgIpc) is 3.29. The first-order valence-corrected chi connectivity index (χ1v) is 11.8. The normalized spacial score (nSPS) is 15.9. The summed E-state index contributed by atoms with van der Waals surface area (Å²) in [5.74, 6) is 0.184. The second kappa shape index (κ2) is 8.98. The number of aromatic nitrogens is 2. The molecular formula is C25H25ClN4O3. The molecule has 0 saturated heterocycles. The second-order valence-electron chi connectivity index (χ2n) is 8.78. The van der Waals surface area contributed by atoms with Crippen molar-refractivity contribution in [2.45, 2.75) is 57.5 Å². The minimum absolute atomic E-state index is 0.0641. The van der Waals surface area contributed by atoms with Crippen LogP contribution in [0, 0.1) is 0 Å². The Hall–Kier alpha value is -3.19. The molecule has 2 aromatic carbocycles. The van der Waals surface area contributed by atoms with E-state index < -0.39 is 0 Å². The number of aryl methyl sites for hydroxylation is 1. The lowest BCUT2D eigenvalue weighted by molar-refractivity contribution is 0.0926. The van der Waals surface area contributed by atoms with Gasteiger partial charge in [0.2, 0.25) is 0 Å². The Kier molecular flexibility index (Phi) is 5.89. The molecule has 0 atom stereocenters. The first-order chi connectivity index (χ1) is 16.0. The van der Waals surface area contributed by atoms with E-state index in [1.54, 1.807) is 41.0 Å². The monoisotopic (exact) mass is 464 g/mol. The van der Waals surface area contributed by atoms with Gasteiger partial charge in [-0.05, 0) is 55.7 Å². The van der Waals surface area contributed by atoms with E-state index in [9.17, 15) is 14.4 Å². The zero-order valence-corrected chi connectivity index (χ0v) is 19.0. The smallest absolute Gasteiger partial charge is 0.261 e. The Morgan fingerprint density at radius 2 is 1.82 bits per heavy atom. The van der Waals surface area contributed by atoms with Gasteiger partial charge in [-0.15, -0.1) is 0 Å². The third-order valence-corrected chi connectivity index (χ3v) is 6.82. The summed E-state index contributed by atoms with van der Waals surface area (Å²) >= 11 is 6.28. The van der Waals surface area contributed by atoms with Gasteiger partial charge in [-0.2, -0.15) is 0 Å². The molecule has 7 nitrogen and oxygen atoms in total. The van der Waals surface area contributed by atoms with E-state index >= 15 is 0 Å². The minimum atomic E-state index is -0.347. The van der Waals surface area contributed by atoms with Crippen LogP contribution in [0.1, 0.15) is 65.1 Å². The van der Waals surface area contributed by atoms with E-state index in [1.165, 1.54) is 6.42 Å². The molecule has 1 aliphatic carbocycles. The van der Waals surface area contributed by atoms with E-state index in [1.807, 2.05) is 0 Å². The number of amides is 2. The van der Waals surface area contributed by atoms with Crippen LogP contribution in [0.15, 0.2) is 41.2 Å². The Labute approximate surface area is 196 Å². The van der Waals surface area contributed by atoms with Crippen molar-refractivity contribution in [1.82, 2.24) is 14.9 Å². The first kappa shape index (κ1) is 21.6. The zero-order chi connectivity index (χ0) is 22.9. The van der Waals surface area contributed by atoms with Crippen LogP contribution in [0.5, 0.6) is 0 Å². The summed E-state index contributed by atoms with van der Waals surface area (Å²) in [5.41, 5.74) is 1.65. The van der Waals surface area contributed by atoms with E-state index in [-0.39, 0.29) is 23.4 Å². The molecule has 170 valence electrons. The van der Waals surface area contributed by atoms with Crippen LogP contribution in [0.2, 0.25) is 5.02 Å². The molecule has 1 fully saturated rings. The molecule has 2 aliphatic rings. The number of halogens is 1. The van der Waals surface area contributed by atoms with Crippen molar-refractivity contribution in [3.8, 4) is 0 Å². The summed E-state index contributed by atoms with van der Waals surface area (Å²) < 4.78 is 1.70. The van der Waals surface area contributed by atoms with E-state index in [4.69, 9.17) is 11.6 Å². The highest BCUT2D eigenvalue weighted by Gasteiger charge is 2.20. The molecule has 3 aromatic rings. The fraction of sp³-hybridized carbons (Fsp3) is 0.360. The lowest BCUT2D eigenvalue weighted by atomic mass is 9.95. The van der Waals surface area contributed by atoms with E-state index in [0.717, 1.165) is 44.3 Å².